The maximum absolute atomic E-state index is 12.6. The summed E-state index contributed by atoms with van der Waals surface area (Å²) >= 11 is 0. The monoisotopic (exact) mass is 309 g/mol. The molecule has 0 spiro atoms. The molecule has 114 valence electrons. The molecule has 2 aliphatic rings. The molecule has 1 saturated carbocycles. The van der Waals surface area contributed by atoms with Crippen LogP contribution in [0.25, 0.3) is 0 Å². The van der Waals surface area contributed by atoms with E-state index in [1.807, 2.05) is 18.2 Å². The molecule has 1 N–H and O–H groups in total. The average Bonchev–Trinajstić information content (AvgIpc) is 3.05. The Balaban J connectivity index is 0.00000161. The molecule has 1 aromatic carbocycles. The van der Waals surface area contributed by atoms with E-state index in [-0.39, 0.29) is 29.6 Å². The summed E-state index contributed by atoms with van der Waals surface area (Å²) in [4.78, 5) is 25.4. The number of hydrogen-bond donors (Lipinski definition) is 1. The lowest BCUT2D eigenvalue weighted by molar-refractivity contribution is -0.141. The molecule has 0 aromatic heterocycles. The fourth-order valence-electron chi connectivity index (χ4n) is 3.09. The van der Waals surface area contributed by atoms with Crippen molar-refractivity contribution >= 4 is 24.3 Å². The van der Waals surface area contributed by atoms with Crippen LogP contribution in [0.15, 0.2) is 30.3 Å². The van der Waals surface area contributed by atoms with Gasteiger partial charge in [0.2, 0.25) is 5.91 Å². The third-order valence-electron chi connectivity index (χ3n) is 4.52. The molecule has 1 aliphatic heterocycles. The van der Waals surface area contributed by atoms with E-state index < -0.39 is 5.97 Å². The van der Waals surface area contributed by atoms with Crippen molar-refractivity contribution in [1.29, 1.82) is 0 Å². The lowest BCUT2D eigenvalue weighted by atomic mass is 9.95. The first-order valence-electron chi connectivity index (χ1n) is 7.17. The number of carbonyl (C=O) groups excluding carboxylic acids is 1. The first-order valence-corrected chi connectivity index (χ1v) is 7.17. The topological polar surface area (TPSA) is 57.6 Å². The highest BCUT2D eigenvalue weighted by molar-refractivity contribution is 5.86. The van der Waals surface area contributed by atoms with Gasteiger partial charge in [0.15, 0.2) is 0 Å². The molecule has 1 amide bonds. The Labute approximate surface area is 130 Å². The second-order valence-electron chi connectivity index (χ2n) is 6.02. The summed E-state index contributed by atoms with van der Waals surface area (Å²) in [6.45, 7) is 0.969. The number of likely N-dealkylation sites (tertiary alicyclic amines) is 1. The Hall–Kier alpha value is -1.55. The molecule has 3 rings (SSSR count). The van der Waals surface area contributed by atoms with E-state index in [9.17, 15) is 9.59 Å². The van der Waals surface area contributed by atoms with Gasteiger partial charge in [-0.1, -0.05) is 30.3 Å². The molecule has 1 atom stereocenters. The van der Waals surface area contributed by atoms with E-state index in [1.165, 1.54) is 5.56 Å². The summed E-state index contributed by atoms with van der Waals surface area (Å²) in [6, 6.07) is 10.1. The number of aliphatic carboxylic acids is 1. The summed E-state index contributed by atoms with van der Waals surface area (Å²) in [7, 11) is 0. The molecule has 0 radical (unpaired) electrons. The summed E-state index contributed by atoms with van der Waals surface area (Å²) < 4.78 is 0. The molecular weight excluding hydrogens is 290 g/mol. The van der Waals surface area contributed by atoms with Gasteiger partial charge in [-0.15, -0.1) is 12.4 Å². The number of carboxylic acid groups (broad SMARTS) is 1. The second-order valence-corrected chi connectivity index (χ2v) is 6.02. The summed E-state index contributed by atoms with van der Waals surface area (Å²) in [5.74, 6) is -1.01. The number of carbonyl (C=O) groups is 2. The van der Waals surface area contributed by atoms with Crippen molar-refractivity contribution in [2.24, 2.45) is 11.3 Å². The van der Waals surface area contributed by atoms with Gasteiger partial charge in [0.05, 0.1) is 11.3 Å². The number of nitrogens with zero attached hydrogens (tertiary/aromatic N) is 1. The largest absolute Gasteiger partial charge is 0.481 e. The Kier molecular flexibility index (Phi) is 4.57. The van der Waals surface area contributed by atoms with Crippen molar-refractivity contribution in [3.8, 4) is 0 Å². The van der Waals surface area contributed by atoms with Crippen LogP contribution in [0.5, 0.6) is 0 Å². The van der Waals surface area contributed by atoms with E-state index in [0.717, 1.165) is 19.3 Å². The van der Waals surface area contributed by atoms with E-state index >= 15 is 0 Å². The van der Waals surface area contributed by atoms with Crippen LogP contribution in [0.3, 0.4) is 0 Å². The lowest BCUT2D eigenvalue weighted by Crippen LogP contribution is -2.37. The Morgan fingerprint density at radius 3 is 2.43 bits per heavy atom. The number of carboxylic acids is 1. The fraction of sp³-hybridized carbons (Fsp3) is 0.500. The van der Waals surface area contributed by atoms with Crippen LogP contribution < -0.4 is 0 Å². The zero-order chi connectivity index (χ0) is 14.2. The maximum Gasteiger partial charge on any atom is 0.308 e. The molecule has 2 fully saturated rings. The van der Waals surface area contributed by atoms with Gasteiger partial charge in [-0.25, -0.2) is 0 Å². The quantitative estimate of drug-likeness (QED) is 0.929. The van der Waals surface area contributed by atoms with Crippen LogP contribution >= 0.6 is 12.4 Å². The fourth-order valence-corrected chi connectivity index (χ4v) is 3.09. The van der Waals surface area contributed by atoms with Gasteiger partial charge in [-0.2, -0.15) is 0 Å². The molecule has 1 saturated heterocycles. The Morgan fingerprint density at radius 2 is 1.90 bits per heavy atom. The van der Waals surface area contributed by atoms with Crippen molar-refractivity contribution in [3.05, 3.63) is 35.9 Å². The van der Waals surface area contributed by atoms with Gasteiger partial charge in [0.25, 0.3) is 0 Å². The molecule has 21 heavy (non-hydrogen) atoms. The van der Waals surface area contributed by atoms with Gasteiger partial charge in [0, 0.05) is 13.1 Å². The zero-order valence-corrected chi connectivity index (χ0v) is 12.6. The van der Waals surface area contributed by atoms with E-state index in [2.05, 4.69) is 12.1 Å². The predicted octanol–water partition coefficient (Wildman–Crippen LogP) is 2.36. The summed E-state index contributed by atoms with van der Waals surface area (Å²) in [5, 5.41) is 9.03. The minimum Gasteiger partial charge on any atom is -0.481 e. The molecule has 1 aromatic rings. The van der Waals surface area contributed by atoms with E-state index in [0.29, 0.717) is 19.5 Å². The van der Waals surface area contributed by atoms with Crippen molar-refractivity contribution in [2.75, 3.05) is 13.1 Å². The van der Waals surface area contributed by atoms with Crippen molar-refractivity contribution in [3.63, 3.8) is 0 Å². The number of amides is 1. The van der Waals surface area contributed by atoms with Crippen LogP contribution in [-0.2, 0) is 16.0 Å². The molecule has 5 heteroatoms. The number of benzene rings is 1. The third-order valence-corrected chi connectivity index (χ3v) is 4.52. The highest BCUT2D eigenvalue weighted by Crippen LogP contribution is 2.50. The third kappa shape index (κ3) is 3.21. The summed E-state index contributed by atoms with van der Waals surface area (Å²) in [6.07, 6.45) is 3.22. The first kappa shape index (κ1) is 15.8. The number of hydrogen-bond acceptors (Lipinski definition) is 2. The van der Waals surface area contributed by atoms with Crippen molar-refractivity contribution in [1.82, 2.24) is 4.90 Å². The minimum atomic E-state index is -0.784. The first-order chi connectivity index (χ1) is 9.61. The SMILES string of the molecule is Cl.O=C(O)C1CCN(C(=O)C2(Cc3ccccc3)CC2)C1. The van der Waals surface area contributed by atoms with E-state index in [1.54, 1.807) is 4.90 Å². The van der Waals surface area contributed by atoms with Crippen molar-refractivity contribution in [2.45, 2.75) is 25.7 Å². The van der Waals surface area contributed by atoms with Crippen LogP contribution in [0.2, 0.25) is 0 Å². The highest BCUT2D eigenvalue weighted by Gasteiger charge is 2.52. The zero-order valence-electron chi connectivity index (χ0n) is 11.8. The molecular formula is C16H20ClNO3. The summed E-state index contributed by atoms with van der Waals surface area (Å²) in [5.41, 5.74) is 0.932. The van der Waals surface area contributed by atoms with Gasteiger partial charge >= 0.3 is 5.97 Å². The van der Waals surface area contributed by atoms with Gasteiger partial charge < -0.3 is 10.0 Å². The Morgan fingerprint density at radius 1 is 1.24 bits per heavy atom. The van der Waals surface area contributed by atoms with Crippen LogP contribution in [0.1, 0.15) is 24.8 Å². The molecule has 0 bridgehead atoms. The van der Waals surface area contributed by atoms with Crippen molar-refractivity contribution < 1.29 is 14.7 Å². The van der Waals surface area contributed by atoms with Crippen LogP contribution in [0, 0.1) is 11.3 Å². The maximum atomic E-state index is 12.6. The number of rotatable bonds is 4. The van der Waals surface area contributed by atoms with Gasteiger partial charge in [0.1, 0.15) is 0 Å². The Bertz CT molecular complexity index is 528. The predicted molar refractivity (Wildman–Crippen MR) is 81.4 cm³/mol. The average molecular weight is 310 g/mol. The molecule has 1 heterocycles. The van der Waals surface area contributed by atoms with Gasteiger partial charge in [-0.3, -0.25) is 9.59 Å². The standard InChI is InChI=1S/C16H19NO3.ClH/c18-14(19)13-6-9-17(11-13)15(20)16(7-8-16)10-12-4-2-1-3-5-12;/h1-5,13H,6-11H2,(H,18,19);1H. The molecule has 1 unspecified atom stereocenters. The molecule has 4 nitrogen and oxygen atoms in total. The second kappa shape index (κ2) is 6.06. The van der Waals surface area contributed by atoms with E-state index in [4.69, 9.17) is 5.11 Å². The molecule has 1 aliphatic carbocycles. The minimum absolute atomic E-state index is 0. The smallest absolute Gasteiger partial charge is 0.308 e. The number of halogens is 1. The normalized spacial score (nSPS) is 22.5. The van der Waals surface area contributed by atoms with Crippen LogP contribution in [0.4, 0.5) is 0 Å². The highest BCUT2D eigenvalue weighted by atomic mass is 35.5. The lowest BCUT2D eigenvalue weighted by Gasteiger charge is -2.23. The van der Waals surface area contributed by atoms with Gasteiger partial charge in [-0.05, 0) is 31.2 Å². The van der Waals surface area contributed by atoms with Crippen LogP contribution in [-0.4, -0.2) is 35.0 Å².